The van der Waals surface area contributed by atoms with Gasteiger partial charge in [0, 0.05) is 10.5 Å². The number of unbranched alkanes of at least 4 members (excludes halogenated alkanes) is 2. The van der Waals surface area contributed by atoms with Crippen LogP contribution in [0, 0.1) is 5.82 Å². The van der Waals surface area contributed by atoms with Crippen molar-refractivity contribution in [2.24, 2.45) is 0 Å². The van der Waals surface area contributed by atoms with Gasteiger partial charge < -0.3 is 5.32 Å². The minimum Gasteiger partial charge on any atom is -0.314 e. The van der Waals surface area contributed by atoms with E-state index in [-0.39, 0.29) is 5.82 Å². The molecule has 18 heavy (non-hydrogen) atoms. The minimum absolute atomic E-state index is 0.184. The van der Waals surface area contributed by atoms with E-state index in [0.717, 1.165) is 17.4 Å². The van der Waals surface area contributed by atoms with Crippen molar-refractivity contribution in [3.05, 3.63) is 34.1 Å². The third-order valence-electron chi connectivity index (χ3n) is 3.13. The van der Waals surface area contributed by atoms with Gasteiger partial charge in [0.2, 0.25) is 0 Å². The Morgan fingerprint density at radius 1 is 1.28 bits per heavy atom. The first-order valence-electron chi connectivity index (χ1n) is 6.84. The number of halogens is 2. The second-order valence-electron chi connectivity index (χ2n) is 4.69. The van der Waals surface area contributed by atoms with Crippen LogP contribution in [-0.4, -0.2) is 12.6 Å². The molecule has 0 bridgehead atoms. The van der Waals surface area contributed by atoms with E-state index < -0.39 is 0 Å². The van der Waals surface area contributed by atoms with Crippen LogP contribution in [0.5, 0.6) is 0 Å². The average Bonchev–Trinajstić information content (AvgIpc) is 2.33. The first kappa shape index (κ1) is 15.6. The molecule has 102 valence electrons. The minimum atomic E-state index is -0.184. The third-order valence-corrected chi connectivity index (χ3v) is 3.87. The molecule has 0 fully saturated rings. The van der Waals surface area contributed by atoms with E-state index in [1.807, 2.05) is 6.07 Å². The van der Waals surface area contributed by atoms with Gasteiger partial charge in [-0.2, -0.15) is 0 Å². The number of likely N-dealkylation sites (N-methyl/N-ethyl adjacent to an activating group) is 1. The van der Waals surface area contributed by atoms with Crippen LogP contribution < -0.4 is 5.32 Å². The van der Waals surface area contributed by atoms with Gasteiger partial charge in [0.15, 0.2) is 0 Å². The first-order valence-corrected chi connectivity index (χ1v) is 7.64. The molecule has 0 radical (unpaired) electrons. The fourth-order valence-electron chi connectivity index (χ4n) is 2.16. The van der Waals surface area contributed by atoms with Gasteiger partial charge in [0.1, 0.15) is 5.82 Å². The summed E-state index contributed by atoms with van der Waals surface area (Å²) in [6.07, 6.45) is 5.93. The molecule has 1 aromatic carbocycles. The van der Waals surface area contributed by atoms with Crippen molar-refractivity contribution < 1.29 is 4.39 Å². The molecule has 3 heteroatoms. The number of nitrogens with one attached hydrogen (secondary N) is 1. The molecule has 0 saturated carbocycles. The van der Waals surface area contributed by atoms with E-state index >= 15 is 0 Å². The van der Waals surface area contributed by atoms with Crippen molar-refractivity contribution in [2.45, 2.75) is 52.0 Å². The summed E-state index contributed by atoms with van der Waals surface area (Å²) in [7, 11) is 0. The van der Waals surface area contributed by atoms with Crippen LogP contribution in [0.2, 0.25) is 0 Å². The molecular weight excluding hydrogens is 293 g/mol. The van der Waals surface area contributed by atoms with Gasteiger partial charge in [-0.3, -0.25) is 0 Å². The highest BCUT2D eigenvalue weighted by Gasteiger charge is 2.10. The molecule has 1 atom stereocenters. The lowest BCUT2D eigenvalue weighted by molar-refractivity contribution is 0.466. The van der Waals surface area contributed by atoms with Crippen LogP contribution in [0.15, 0.2) is 22.7 Å². The summed E-state index contributed by atoms with van der Waals surface area (Å²) in [5.74, 6) is -0.184. The quantitative estimate of drug-likeness (QED) is 0.686. The van der Waals surface area contributed by atoms with E-state index in [9.17, 15) is 4.39 Å². The monoisotopic (exact) mass is 315 g/mol. The summed E-state index contributed by atoms with van der Waals surface area (Å²) in [5.41, 5.74) is 1.18. The van der Waals surface area contributed by atoms with Crippen LogP contribution in [-0.2, 0) is 6.42 Å². The van der Waals surface area contributed by atoms with Crippen LogP contribution in [0.1, 0.15) is 45.1 Å². The second kappa shape index (κ2) is 8.65. The molecule has 0 saturated heterocycles. The van der Waals surface area contributed by atoms with Gasteiger partial charge in [-0.25, -0.2) is 4.39 Å². The molecule has 1 aromatic rings. The Labute approximate surface area is 118 Å². The molecule has 0 heterocycles. The Kier molecular flexibility index (Phi) is 7.52. The molecule has 1 N–H and O–H groups in total. The highest BCUT2D eigenvalue weighted by Crippen LogP contribution is 2.20. The van der Waals surface area contributed by atoms with Crippen molar-refractivity contribution in [1.29, 1.82) is 0 Å². The smallest absolute Gasteiger partial charge is 0.124 e. The predicted octanol–water partition coefficient (Wildman–Crippen LogP) is 4.69. The average molecular weight is 316 g/mol. The van der Waals surface area contributed by atoms with Crippen LogP contribution in [0.4, 0.5) is 4.39 Å². The van der Waals surface area contributed by atoms with Crippen LogP contribution in [0.3, 0.4) is 0 Å². The topological polar surface area (TPSA) is 12.0 Å². The van der Waals surface area contributed by atoms with E-state index in [1.54, 1.807) is 6.07 Å². The third kappa shape index (κ3) is 5.49. The Bertz CT molecular complexity index is 354. The zero-order valence-corrected chi connectivity index (χ0v) is 12.9. The largest absolute Gasteiger partial charge is 0.314 e. The molecule has 0 aliphatic carbocycles. The van der Waals surface area contributed by atoms with Gasteiger partial charge >= 0.3 is 0 Å². The van der Waals surface area contributed by atoms with E-state index in [4.69, 9.17) is 0 Å². The van der Waals surface area contributed by atoms with E-state index in [2.05, 4.69) is 35.1 Å². The van der Waals surface area contributed by atoms with Crippen LogP contribution >= 0.6 is 15.9 Å². The van der Waals surface area contributed by atoms with E-state index in [0.29, 0.717) is 6.04 Å². The maximum Gasteiger partial charge on any atom is 0.124 e. The fraction of sp³-hybridized carbons (Fsp3) is 0.600. The summed E-state index contributed by atoms with van der Waals surface area (Å²) >= 11 is 3.44. The number of benzene rings is 1. The van der Waals surface area contributed by atoms with Crippen molar-refractivity contribution >= 4 is 15.9 Å². The fourth-order valence-corrected chi connectivity index (χ4v) is 2.67. The normalized spacial score (nSPS) is 12.7. The lowest BCUT2D eigenvalue weighted by Gasteiger charge is -2.18. The highest BCUT2D eigenvalue weighted by atomic mass is 79.9. The SMILES string of the molecule is CCCCCC(Cc1ccc(F)cc1Br)NCC. The first-order chi connectivity index (χ1) is 8.67. The lowest BCUT2D eigenvalue weighted by atomic mass is 10.0. The van der Waals surface area contributed by atoms with Gasteiger partial charge in [-0.05, 0) is 37.1 Å². The maximum atomic E-state index is 13.0. The molecule has 0 amide bonds. The van der Waals surface area contributed by atoms with Crippen molar-refractivity contribution in [3.63, 3.8) is 0 Å². The molecular formula is C15H23BrFN. The Hall–Kier alpha value is -0.410. The van der Waals surface area contributed by atoms with Gasteiger partial charge in [0.05, 0.1) is 0 Å². The highest BCUT2D eigenvalue weighted by molar-refractivity contribution is 9.10. The lowest BCUT2D eigenvalue weighted by Crippen LogP contribution is -2.31. The number of hydrogen-bond acceptors (Lipinski definition) is 1. The standard InChI is InChI=1S/C15H23BrFN/c1-3-5-6-7-14(18-4-2)10-12-8-9-13(17)11-15(12)16/h8-9,11,14,18H,3-7,10H2,1-2H3. The van der Waals surface area contributed by atoms with Crippen molar-refractivity contribution in [3.8, 4) is 0 Å². The van der Waals surface area contributed by atoms with Gasteiger partial charge in [0.25, 0.3) is 0 Å². The number of rotatable bonds is 8. The van der Waals surface area contributed by atoms with Crippen LogP contribution in [0.25, 0.3) is 0 Å². The molecule has 0 spiro atoms. The molecule has 1 nitrogen and oxygen atoms in total. The Balaban J connectivity index is 2.58. The molecule has 0 aliphatic heterocycles. The molecule has 1 unspecified atom stereocenters. The Morgan fingerprint density at radius 3 is 2.67 bits per heavy atom. The van der Waals surface area contributed by atoms with Gasteiger partial charge in [-0.1, -0.05) is 55.1 Å². The van der Waals surface area contributed by atoms with Crippen molar-refractivity contribution in [2.75, 3.05) is 6.54 Å². The predicted molar refractivity (Wildman–Crippen MR) is 79.4 cm³/mol. The van der Waals surface area contributed by atoms with E-state index in [1.165, 1.54) is 37.3 Å². The second-order valence-corrected chi connectivity index (χ2v) is 5.54. The molecule has 1 rings (SSSR count). The Morgan fingerprint density at radius 2 is 2.06 bits per heavy atom. The van der Waals surface area contributed by atoms with Crippen molar-refractivity contribution in [1.82, 2.24) is 5.32 Å². The number of hydrogen-bond donors (Lipinski definition) is 1. The summed E-state index contributed by atoms with van der Waals surface area (Å²) < 4.78 is 13.9. The zero-order valence-electron chi connectivity index (χ0n) is 11.3. The summed E-state index contributed by atoms with van der Waals surface area (Å²) in [5, 5.41) is 3.52. The summed E-state index contributed by atoms with van der Waals surface area (Å²) in [6, 6.07) is 5.45. The molecule has 0 aliphatic rings. The molecule has 0 aromatic heterocycles. The van der Waals surface area contributed by atoms with Gasteiger partial charge in [-0.15, -0.1) is 0 Å². The maximum absolute atomic E-state index is 13.0. The zero-order chi connectivity index (χ0) is 13.4. The summed E-state index contributed by atoms with van der Waals surface area (Å²) in [6.45, 7) is 5.33. The summed E-state index contributed by atoms with van der Waals surface area (Å²) in [4.78, 5) is 0.